The highest BCUT2D eigenvalue weighted by molar-refractivity contribution is 7.89. The van der Waals surface area contributed by atoms with E-state index in [0.29, 0.717) is 37.4 Å². The Morgan fingerprint density at radius 2 is 1.76 bits per heavy atom. The van der Waals surface area contributed by atoms with Crippen molar-refractivity contribution in [3.05, 3.63) is 60.2 Å². The topological polar surface area (TPSA) is 90.0 Å². The maximum Gasteiger partial charge on any atom is 0.255 e. The molecule has 8 heteroatoms. The van der Waals surface area contributed by atoms with Crippen molar-refractivity contribution in [3.8, 4) is 0 Å². The van der Waals surface area contributed by atoms with Gasteiger partial charge in [-0.15, -0.1) is 0 Å². The number of hydrogen-bond donors (Lipinski definition) is 2. The number of sulfonamides is 1. The molecule has 1 fully saturated rings. The molecule has 2 aromatic carbocycles. The van der Waals surface area contributed by atoms with Gasteiger partial charge < -0.3 is 10.4 Å². The maximum absolute atomic E-state index is 13.1. The van der Waals surface area contributed by atoms with Crippen LogP contribution in [-0.2, 0) is 10.0 Å². The van der Waals surface area contributed by atoms with E-state index in [2.05, 4.69) is 10.2 Å². The molecule has 0 aliphatic carbocycles. The average molecular weight is 418 g/mol. The predicted molar refractivity (Wildman–Crippen MR) is 112 cm³/mol. The quantitative estimate of drug-likeness (QED) is 0.719. The highest BCUT2D eigenvalue weighted by atomic mass is 32.2. The first-order valence-corrected chi connectivity index (χ1v) is 11.2. The van der Waals surface area contributed by atoms with Crippen molar-refractivity contribution in [1.29, 1.82) is 0 Å². The van der Waals surface area contributed by atoms with E-state index in [0.717, 1.165) is 6.42 Å². The highest BCUT2D eigenvalue weighted by Crippen LogP contribution is 2.20. The molecule has 1 saturated heterocycles. The lowest BCUT2D eigenvalue weighted by molar-refractivity contribution is 0.0881. The molecule has 29 heavy (non-hydrogen) atoms. The second-order valence-corrected chi connectivity index (χ2v) is 8.97. The van der Waals surface area contributed by atoms with E-state index < -0.39 is 10.0 Å². The summed E-state index contributed by atoms with van der Waals surface area (Å²) in [6.45, 7) is 3.95. The summed E-state index contributed by atoms with van der Waals surface area (Å²) >= 11 is 0. The van der Waals surface area contributed by atoms with E-state index in [4.69, 9.17) is 0 Å². The Hall–Kier alpha value is -2.26. The van der Waals surface area contributed by atoms with E-state index in [1.54, 1.807) is 24.3 Å². The predicted octanol–water partition coefficient (Wildman–Crippen LogP) is 2.02. The van der Waals surface area contributed by atoms with Crippen LogP contribution < -0.4 is 5.32 Å². The number of amides is 1. The van der Waals surface area contributed by atoms with E-state index in [1.807, 2.05) is 25.1 Å². The molecular formula is C21H27N3O4S. The van der Waals surface area contributed by atoms with Gasteiger partial charge in [-0.25, -0.2) is 8.42 Å². The van der Waals surface area contributed by atoms with E-state index in [-0.39, 0.29) is 23.5 Å². The van der Waals surface area contributed by atoms with E-state index in [9.17, 15) is 18.3 Å². The van der Waals surface area contributed by atoms with Gasteiger partial charge in [-0.1, -0.05) is 31.2 Å². The van der Waals surface area contributed by atoms with Crippen LogP contribution in [0.1, 0.15) is 23.7 Å². The summed E-state index contributed by atoms with van der Waals surface area (Å²) in [5.74, 6) is -0.355. The Bertz CT molecular complexity index is 922. The van der Waals surface area contributed by atoms with Crippen LogP contribution in [0.4, 0.5) is 5.69 Å². The minimum atomic E-state index is -3.69. The molecule has 1 atom stereocenters. The molecule has 2 aromatic rings. The third-order valence-electron chi connectivity index (χ3n) is 5.24. The standard InChI is InChI=1S/C21H27N3O4S/c1-2-19(16-25)23-11-13-24(14-12-23)29(27,28)20-10-6-7-17(15-20)21(26)22-18-8-4-3-5-9-18/h3-10,15,19,25H,2,11-14,16H2,1H3,(H,22,26)/t19-/m1/s1. The van der Waals surface area contributed by atoms with Crippen LogP contribution in [0, 0.1) is 0 Å². The van der Waals surface area contributed by atoms with Crippen LogP contribution in [0.3, 0.4) is 0 Å². The number of carbonyl (C=O) groups is 1. The molecule has 0 aromatic heterocycles. The number of benzene rings is 2. The molecular weight excluding hydrogens is 390 g/mol. The van der Waals surface area contributed by atoms with Gasteiger partial charge in [-0.3, -0.25) is 9.69 Å². The lowest BCUT2D eigenvalue weighted by Gasteiger charge is -2.37. The Balaban J connectivity index is 1.71. The molecule has 0 unspecified atom stereocenters. The fourth-order valence-electron chi connectivity index (χ4n) is 3.48. The second-order valence-electron chi connectivity index (χ2n) is 7.03. The Kier molecular flexibility index (Phi) is 7.02. The summed E-state index contributed by atoms with van der Waals surface area (Å²) in [6, 6.07) is 15.2. The number of carbonyl (C=O) groups excluding carboxylic acids is 1. The number of nitrogens with zero attached hydrogens (tertiary/aromatic N) is 2. The number of aliphatic hydroxyl groups excluding tert-OH is 1. The van der Waals surface area contributed by atoms with Crippen LogP contribution in [0.5, 0.6) is 0 Å². The summed E-state index contributed by atoms with van der Waals surface area (Å²) in [4.78, 5) is 14.7. The molecule has 1 aliphatic rings. The van der Waals surface area contributed by atoms with Crippen molar-refractivity contribution < 1.29 is 18.3 Å². The second kappa shape index (κ2) is 9.49. The lowest BCUT2D eigenvalue weighted by atomic mass is 10.2. The van der Waals surface area contributed by atoms with E-state index in [1.165, 1.54) is 16.4 Å². The minimum Gasteiger partial charge on any atom is -0.395 e. The number of nitrogens with one attached hydrogen (secondary N) is 1. The van der Waals surface area contributed by atoms with Gasteiger partial charge >= 0.3 is 0 Å². The van der Waals surface area contributed by atoms with Gasteiger partial charge in [0, 0.05) is 43.5 Å². The monoisotopic (exact) mass is 417 g/mol. The van der Waals surface area contributed by atoms with Crippen LogP contribution in [0.2, 0.25) is 0 Å². The van der Waals surface area contributed by atoms with Gasteiger partial charge in [0.15, 0.2) is 0 Å². The molecule has 0 spiro atoms. The number of rotatable bonds is 7. The summed E-state index contributed by atoms with van der Waals surface area (Å²) in [5.41, 5.74) is 0.941. The highest BCUT2D eigenvalue weighted by Gasteiger charge is 2.30. The largest absolute Gasteiger partial charge is 0.395 e. The van der Waals surface area contributed by atoms with Gasteiger partial charge in [-0.05, 0) is 36.8 Å². The van der Waals surface area contributed by atoms with Crippen molar-refractivity contribution in [3.63, 3.8) is 0 Å². The first-order chi connectivity index (χ1) is 14.0. The van der Waals surface area contributed by atoms with Crippen molar-refractivity contribution in [2.45, 2.75) is 24.3 Å². The zero-order valence-corrected chi connectivity index (χ0v) is 17.3. The average Bonchev–Trinajstić information content (AvgIpc) is 2.76. The normalized spacial score (nSPS) is 17.0. The molecule has 156 valence electrons. The van der Waals surface area contributed by atoms with Gasteiger partial charge in [0.2, 0.25) is 10.0 Å². The molecule has 2 N–H and O–H groups in total. The van der Waals surface area contributed by atoms with Gasteiger partial charge in [0.05, 0.1) is 11.5 Å². The Morgan fingerprint density at radius 1 is 1.07 bits per heavy atom. The van der Waals surface area contributed by atoms with Crippen LogP contribution >= 0.6 is 0 Å². The third-order valence-corrected chi connectivity index (χ3v) is 7.13. The SMILES string of the molecule is CC[C@H](CO)N1CCN(S(=O)(=O)c2cccc(C(=O)Nc3ccccc3)c2)CC1. The summed E-state index contributed by atoms with van der Waals surface area (Å²) < 4.78 is 27.6. The molecule has 0 radical (unpaired) electrons. The third kappa shape index (κ3) is 5.02. The smallest absolute Gasteiger partial charge is 0.255 e. The zero-order valence-electron chi connectivity index (χ0n) is 16.5. The van der Waals surface area contributed by atoms with Gasteiger partial charge in [-0.2, -0.15) is 4.31 Å². The summed E-state index contributed by atoms with van der Waals surface area (Å²) in [7, 11) is -3.69. The number of anilines is 1. The van der Waals surface area contributed by atoms with E-state index >= 15 is 0 Å². The Labute approximate surface area is 172 Å². The van der Waals surface area contributed by atoms with Crippen molar-refractivity contribution in [2.24, 2.45) is 0 Å². The summed E-state index contributed by atoms with van der Waals surface area (Å²) in [5, 5.41) is 12.2. The number of aliphatic hydroxyl groups is 1. The lowest BCUT2D eigenvalue weighted by Crippen LogP contribution is -2.52. The molecule has 1 heterocycles. The molecule has 0 bridgehead atoms. The fourth-order valence-corrected chi connectivity index (χ4v) is 4.95. The van der Waals surface area contributed by atoms with Crippen molar-refractivity contribution in [1.82, 2.24) is 9.21 Å². The summed E-state index contributed by atoms with van der Waals surface area (Å²) in [6.07, 6.45) is 0.821. The first kappa shape index (κ1) is 21.4. The number of hydrogen-bond acceptors (Lipinski definition) is 5. The molecule has 1 amide bonds. The number of para-hydroxylation sites is 1. The minimum absolute atomic E-state index is 0.0601. The molecule has 0 saturated carbocycles. The zero-order chi connectivity index (χ0) is 20.9. The first-order valence-electron chi connectivity index (χ1n) is 9.77. The van der Waals surface area contributed by atoms with Gasteiger partial charge in [0.1, 0.15) is 0 Å². The molecule has 3 rings (SSSR count). The van der Waals surface area contributed by atoms with Crippen LogP contribution in [-0.4, -0.2) is 67.5 Å². The maximum atomic E-state index is 13.1. The van der Waals surface area contributed by atoms with Crippen LogP contribution in [0.25, 0.3) is 0 Å². The fraction of sp³-hybridized carbons (Fsp3) is 0.381. The molecule has 7 nitrogen and oxygen atoms in total. The van der Waals surface area contributed by atoms with Crippen LogP contribution in [0.15, 0.2) is 59.5 Å². The number of piperazine rings is 1. The van der Waals surface area contributed by atoms with Crippen molar-refractivity contribution >= 4 is 21.6 Å². The molecule has 1 aliphatic heterocycles. The van der Waals surface area contributed by atoms with Gasteiger partial charge in [0.25, 0.3) is 5.91 Å². The van der Waals surface area contributed by atoms with Crippen molar-refractivity contribution in [2.75, 3.05) is 38.1 Å². The Morgan fingerprint density at radius 3 is 2.38 bits per heavy atom.